The van der Waals surface area contributed by atoms with Crippen LogP contribution in [0.2, 0.25) is 0 Å². The van der Waals surface area contributed by atoms with E-state index in [0.29, 0.717) is 18.3 Å². The first-order chi connectivity index (χ1) is 9.97. The zero-order valence-electron chi connectivity index (χ0n) is 13.2. The SMILES string of the molecule is CC(C)c1cc2c(c(C(C)C)c1)SCC1=CCC(=O)C=C12. The Morgan fingerprint density at radius 2 is 1.86 bits per heavy atom. The summed E-state index contributed by atoms with van der Waals surface area (Å²) in [6.45, 7) is 8.98. The highest BCUT2D eigenvalue weighted by molar-refractivity contribution is 7.99. The summed E-state index contributed by atoms with van der Waals surface area (Å²) >= 11 is 1.93. The van der Waals surface area contributed by atoms with Crippen LogP contribution in [0.15, 0.2) is 34.8 Å². The van der Waals surface area contributed by atoms with E-state index in [4.69, 9.17) is 0 Å². The topological polar surface area (TPSA) is 17.1 Å². The largest absolute Gasteiger partial charge is 0.294 e. The monoisotopic (exact) mass is 298 g/mol. The van der Waals surface area contributed by atoms with Crippen molar-refractivity contribution >= 4 is 23.1 Å². The van der Waals surface area contributed by atoms with E-state index in [1.165, 1.54) is 32.7 Å². The molecule has 1 aliphatic heterocycles. The first-order valence-electron chi connectivity index (χ1n) is 7.72. The molecule has 1 nitrogen and oxygen atoms in total. The molecule has 1 aromatic rings. The second kappa shape index (κ2) is 5.49. The smallest absolute Gasteiger partial charge is 0.160 e. The second-order valence-electron chi connectivity index (χ2n) is 6.54. The van der Waals surface area contributed by atoms with Crippen molar-refractivity contribution in [2.75, 3.05) is 5.75 Å². The van der Waals surface area contributed by atoms with Gasteiger partial charge in [-0.05, 0) is 51.8 Å². The molecule has 2 aliphatic rings. The molecule has 0 fully saturated rings. The Morgan fingerprint density at radius 3 is 2.52 bits per heavy atom. The quantitative estimate of drug-likeness (QED) is 0.735. The van der Waals surface area contributed by atoms with Gasteiger partial charge in [-0.1, -0.05) is 39.8 Å². The van der Waals surface area contributed by atoms with Gasteiger partial charge in [-0.3, -0.25) is 4.79 Å². The number of benzene rings is 1. The van der Waals surface area contributed by atoms with Gasteiger partial charge in [0.1, 0.15) is 0 Å². The molecule has 0 saturated carbocycles. The van der Waals surface area contributed by atoms with Gasteiger partial charge < -0.3 is 0 Å². The molecule has 0 atom stereocenters. The number of rotatable bonds is 2. The van der Waals surface area contributed by atoms with Crippen LogP contribution in [0.5, 0.6) is 0 Å². The molecule has 0 saturated heterocycles. The first kappa shape index (κ1) is 14.6. The van der Waals surface area contributed by atoms with E-state index in [0.717, 1.165) is 5.75 Å². The van der Waals surface area contributed by atoms with Crippen molar-refractivity contribution in [2.24, 2.45) is 0 Å². The maximum atomic E-state index is 11.8. The fourth-order valence-electron chi connectivity index (χ4n) is 2.98. The summed E-state index contributed by atoms with van der Waals surface area (Å²) < 4.78 is 0. The van der Waals surface area contributed by atoms with Crippen LogP contribution in [0.1, 0.15) is 62.6 Å². The summed E-state index contributed by atoms with van der Waals surface area (Å²) in [5, 5.41) is 0. The lowest BCUT2D eigenvalue weighted by atomic mass is 9.86. The Balaban J connectivity index is 2.24. The van der Waals surface area contributed by atoms with Crippen molar-refractivity contribution in [1.82, 2.24) is 0 Å². The lowest BCUT2D eigenvalue weighted by molar-refractivity contribution is -0.113. The zero-order valence-corrected chi connectivity index (χ0v) is 14.0. The number of hydrogen-bond acceptors (Lipinski definition) is 2. The van der Waals surface area contributed by atoms with Gasteiger partial charge in [0.25, 0.3) is 0 Å². The van der Waals surface area contributed by atoms with Crippen LogP contribution in [-0.2, 0) is 4.79 Å². The number of carbonyl (C=O) groups is 1. The molecule has 0 bridgehead atoms. The molecule has 21 heavy (non-hydrogen) atoms. The Morgan fingerprint density at radius 1 is 1.10 bits per heavy atom. The number of allylic oxidation sites excluding steroid dienone is 3. The van der Waals surface area contributed by atoms with Crippen LogP contribution in [0.25, 0.3) is 5.57 Å². The summed E-state index contributed by atoms with van der Waals surface area (Å²) in [5.74, 6) is 2.24. The minimum atomic E-state index is 0.229. The Labute approximate surface area is 131 Å². The van der Waals surface area contributed by atoms with Crippen LogP contribution in [0.3, 0.4) is 0 Å². The van der Waals surface area contributed by atoms with Gasteiger partial charge in [0.15, 0.2) is 5.78 Å². The number of carbonyl (C=O) groups excluding carboxylic acids is 1. The fraction of sp³-hybridized carbons (Fsp3) is 0.421. The van der Waals surface area contributed by atoms with Gasteiger partial charge in [0.2, 0.25) is 0 Å². The molecule has 1 heterocycles. The third-order valence-electron chi connectivity index (χ3n) is 4.29. The highest BCUT2D eigenvalue weighted by atomic mass is 32.2. The maximum Gasteiger partial charge on any atom is 0.160 e. The molecule has 0 amide bonds. The summed E-state index contributed by atoms with van der Waals surface area (Å²) in [7, 11) is 0. The fourth-order valence-corrected chi connectivity index (χ4v) is 4.34. The lowest BCUT2D eigenvalue weighted by Crippen LogP contribution is -2.12. The highest BCUT2D eigenvalue weighted by Crippen LogP contribution is 2.46. The number of hydrogen-bond donors (Lipinski definition) is 0. The highest BCUT2D eigenvalue weighted by Gasteiger charge is 2.26. The van der Waals surface area contributed by atoms with Crippen molar-refractivity contribution in [2.45, 2.75) is 50.8 Å². The number of fused-ring (bicyclic) bond motifs is 3. The lowest BCUT2D eigenvalue weighted by Gasteiger charge is -2.28. The average Bonchev–Trinajstić information content (AvgIpc) is 2.45. The van der Waals surface area contributed by atoms with E-state index >= 15 is 0 Å². The second-order valence-corrected chi connectivity index (χ2v) is 7.53. The average molecular weight is 298 g/mol. The minimum Gasteiger partial charge on any atom is -0.294 e. The van der Waals surface area contributed by atoms with E-state index in [-0.39, 0.29) is 5.78 Å². The minimum absolute atomic E-state index is 0.229. The predicted molar refractivity (Wildman–Crippen MR) is 91.0 cm³/mol. The van der Waals surface area contributed by atoms with Crippen molar-refractivity contribution < 1.29 is 4.79 Å². The molecule has 0 unspecified atom stereocenters. The molecule has 2 heteroatoms. The Bertz CT molecular complexity index is 662. The van der Waals surface area contributed by atoms with Crippen LogP contribution < -0.4 is 0 Å². The zero-order chi connectivity index (χ0) is 15.1. The third kappa shape index (κ3) is 2.62. The number of thioether (sulfide) groups is 1. The Kier molecular flexibility index (Phi) is 3.83. The van der Waals surface area contributed by atoms with Crippen LogP contribution >= 0.6 is 11.8 Å². The molecule has 3 rings (SSSR count). The van der Waals surface area contributed by atoms with Crippen molar-refractivity contribution in [3.63, 3.8) is 0 Å². The van der Waals surface area contributed by atoms with Crippen LogP contribution in [-0.4, -0.2) is 11.5 Å². The predicted octanol–water partition coefficient (Wildman–Crippen LogP) is 5.32. The summed E-state index contributed by atoms with van der Waals surface area (Å²) in [6, 6.07) is 4.66. The molecule has 110 valence electrons. The molecule has 0 aromatic heterocycles. The molecule has 1 aliphatic carbocycles. The van der Waals surface area contributed by atoms with Gasteiger partial charge in [-0.25, -0.2) is 0 Å². The van der Waals surface area contributed by atoms with Gasteiger partial charge >= 0.3 is 0 Å². The molecule has 0 spiro atoms. The van der Waals surface area contributed by atoms with Crippen molar-refractivity contribution in [1.29, 1.82) is 0 Å². The van der Waals surface area contributed by atoms with E-state index in [1.807, 2.05) is 17.8 Å². The van der Waals surface area contributed by atoms with E-state index in [9.17, 15) is 4.79 Å². The van der Waals surface area contributed by atoms with Crippen molar-refractivity contribution in [3.8, 4) is 0 Å². The van der Waals surface area contributed by atoms with Crippen LogP contribution in [0, 0.1) is 0 Å². The van der Waals surface area contributed by atoms with Crippen LogP contribution in [0.4, 0.5) is 0 Å². The normalized spacial score (nSPS) is 17.5. The van der Waals surface area contributed by atoms with Gasteiger partial charge in [0.05, 0.1) is 0 Å². The molecule has 0 radical (unpaired) electrons. The Hall–Kier alpha value is -1.28. The standard InChI is InChI=1S/C19H22OS/c1-11(2)14-7-16(12(3)4)19-18(8-14)17-9-15(20)6-5-13(17)10-21-19/h5,7-9,11-12H,6,10H2,1-4H3. The number of ketones is 1. The summed E-state index contributed by atoms with van der Waals surface area (Å²) in [6.07, 6.45) is 4.54. The molecular weight excluding hydrogens is 276 g/mol. The molecule has 1 aromatic carbocycles. The first-order valence-corrected chi connectivity index (χ1v) is 8.71. The third-order valence-corrected chi connectivity index (χ3v) is 5.49. The summed E-state index contributed by atoms with van der Waals surface area (Å²) in [5.41, 5.74) is 6.59. The molecule has 0 N–H and O–H groups in total. The van der Waals surface area contributed by atoms with Gasteiger partial charge in [-0.2, -0.15) is 0 Å². The maximum absolute atomic E-state index is 11.8. The van der Waals surface area contributed by atoms with E-state index in [1.54, 1.807) is 0 Å². The molecular formula is C19H22OS. The van der Waals surface area contributed by atoms with Crippen molar-refractivity contribution in [3.05, 3.63) is 46.5 Å². The van der Waals surface area contributed by atoms with E-state index in [2.05, 4.69) is 45.9 Å². The summed E-state index contributed by atoms with van der Waals surface area (Å²) in [4.78, 5) is 13.2. The van der Waals surface area contributed by atoms with E-state index < -0.39 is 0 Å². The van der Waals surface area contributed by atoms with Gasteiger partial charge in [-0.15, -0.1) is 11.8 Å². The van der Waals surface area contributed by atoms with Gasteiger partial charge in [0, 0.05) is 17.1 Å².